The third kappa shape index (κ3) is 8.59. The number of nitrogens with two attached hydrogens (primary N) is 2. The van der Waals surface area contributed by atoms with E-state index in [4.69, 9.17) is 32.1 Å². The first-order chi connectivity index (χ1) is 38.9. The minimum atomic E-state index is -1.01. The summed E-state index contributed by atoms with van der Waals surface area (Å²) in [4.78, 5) is 28.6. The molecule has 8 aromatic carbocycles. The van der Waals surface area contributed by atoms with Crippen LogP contribution in [0.3, 0.4) is 0 Å². The number of aromatic carboxylic acids is 2. The number of hydrogen-bond acceptors (Lipinski definition) is 11. The zero-order valence-corrected chi connectivity index (χ0v) is 43.9. The number of hydrogen-bond donors (Lipinski definition) is 6. The molecule has 400 valence electrons. The quantitative estimate of drug-likeness (QED) is 0.0719. The number of carboxylic acids is 2. The molecule has 8 aromatic rings. The first kappa shape index (κ1) is 50.0. The van der Waals surface area contributed by atoms with Crippen LogP contribution in [-0.2, 0) is 25.7 Å². The fourth-order valence-electron chi connectivity index (χ4n) is 13.4. The van der Waals surface area contributed by atoms with Crippen LogP contribution < -0.4 is 35.5 Å². The lowest BCUT2D eigenvalue weighted by Crippen LogP contribution is -2.36. The van der Waals surface area contributed by atoms with Crippen molar-refractivity contribution in [2.24, 2.45) is 0 Å². The smallest absolute Gasteiger partial charge is 0.335 e. The molecule has 8 N–H and O–H groups in total. The highest BCUT2D eigenvalue weighted by atomic mass is 16.5. The molecule has 13 heteroatoms. The highest BCUT2D eigenvalue weighted by Crippen LogP contribution is 2.56. The van der Waals surface area contributed by atoms with E-state index in [0.29, 0.717) is 45.5 Å². The van der Waals surface area contributed by atoms with Crippen LogP contribution in [0.5, 0.6) is 46.0 Å². The van der Waals surface area contributed by atoms with Crippen LogP contribution in [0, 0.1) is 12.3 Å². The van der Waals surface area contributed by atoms with Gasteiger partial charge in [-0.25, -0.2) is 9.59 Å². The number of phenols is 2. The molecule has 0 atom stereocenters. The molecule has 13 nitrogen and oxygen atoms in total. The molecule has 0 aromatic heterocycles. The van der Waals surface area contributed by atoms with Gasteiger partial charge in [0.05, 0.1) is 17.0 Å². The molecule has 0 spiro atoms. The Hall–Kier alpha value is -9.54. The second-order valence-corrected chi connectivity index (χ2v) is 21.5. The predicted octanol–water partition coefficient (Wildman–Crippen LogP) is 12.9. The van der Waals surface area contributed by atoms with Crippen molar-refractivity contribution in [1.29, 1.82) is 0 Å². The maximum Gasteiger partial charge on any atom is 0.335 e. The van der Waals surface area contributed by atoms with Crippen molar-refractivity contribution in [2.75, 3.05) is 47.4 Å². The molecule has 0 amide bonds. The Bertz CT molecular complexity index is 3570. The second-order valence-electron chi connectivity index (χ2n) is 21.5. The van der Waals surface area contributed by atoms with Gasteiger partial charge in [0.15, 0.2) is 0 Å². The van der Waals surface area contributed by atoms with Gasteiger partial charge >= 0.3 is 11.9 Å². The summed E-state index contributed by atoms with van der Waals surface area (Å²) in [5.41, 5.74) is 29.3. The van der Waals surface area contributed by atoms with Crippen LogP contribution in [0.25, 0.3) is 0 Å². The maximum absolute atomic E-state index is 11.7. The second kappa shape index (κ2) is 20.0. The summed E-state index contributed by atoms with van der Waals surface area (Å²) in [5.74, 6) is 4.96. The Labute approximate surface area is 463 Å². The SMILES string of the molecule is C#CC1c2cc3c4c(c2Oc2c1cc1c5c2CCCN5CCC1)CCCN4CCC3.Nc1ccc2c(c1)Oc1cc(N)ccc1C2c1ccccc1C(=O)O.O=C(O)c1ccccc1C1c2ccc(O)cc2Oc2cc(O)ccc21. The Morgan fingerprint density at radius 2 is 0.863 bits per heavy atom. The molecule has 7 aliphatic heterocycles. The standard InChI is InChI=1S/C27H28N2O.C20H16N2O3.C20H14O5/c1-2-19-22-15-17-7-3-11-28-13-5-9-20(24(17)28)26(22)30-27-21-10-6-14-29-12-4-8-18(25(21)29)16-23(19)27;2*21-11-5-7-15-17(9-11)25-18-10-12(22)6-8-16(18)19(15)13-3-1-2-4-14(13)20(23)24/h1,15-16,19H,3-14H2;1-10,19H,21-22H2,(H,23,24);1-10,19,21-22H,(H,23,24). The fourth-order valence-corrected chi connectivity index (χ4v) is 13.4. The molecule has 0 saturated heterocycles. The molecule has 7 aliphatic rings. The number of ether oxygens (including phenoxy) is 3. The van der Waals surface area contributed by atoms with E-state index in [1.807, 2.05) is 24.3 Å². The highest BCUT2D eigenvalue weighted by Gasteiger charge is 2.39. The van der Waals surface area contributed by atoms with Crippen molar-refractivity contribution in [3.63, 3.8) is 0 Å². The van der Waals surface area contributed by atoms with E-state index in [0.717, 1.165) is 46.6 Å². The van der Waals surface area contributed by atoms with Crippen LogP contribution in [0.2, 0.25) is 0 Å². The monoisotopic (exact) mass is 1060 g/mol. The first-order valence-electron chi connectivity index (χ1n) is 27.4. The molecule has 0 aliphatic carbocycles. The zero-order chi connectivity index (χ0) is 54.9. The van der Waals surface area contributed by atoms with E-state index in [9.17, 15) is 30.0 Å². The summed E-state index contributed by atoms with van der Waals surface area (Å²) in [6.07, 6.45) is 15.7. The van der Waals surface area contributed by atoms with E-state index >= 15 is 0 Å². The lowest BCUT2D eigenvalue weighted by Gasteiger charge is -2.42. The predicted molar refractivity (Wildman–Crippen MR) is 308 cm³/mol. The number of anilines is 4. The highest BCUT2D eigenvalue weighted by molar-refractivity contribution is 5.91. The molecular formula is C67H58N4O9. The van der Waals surface area contributed by atoms with Gasteiger partial charge in [-0.1, -0.05) is 66.6 Å². The maximum atomic E-state index is 11.7. The number of terminal acetylenes is 1. The Balaban J connectivity index is 0.000000114. The van der Waals surface area contributed by atoms with Gasteiger partial charge in [0.1, 0.15) is 46.0 Å². The number of fused-ring (bicyclic) bond motifs is 8. The Morgan fingerprint density at radius 3 is 1.27 bits per heavy atom. The number of nitrogen functional groups attached to an aromatic ring is 2. The van der Waals surface area contributed by atoms with Crippen LogP contribution in [-0.4, -0.2) is 58.5 Å². The normalized spacial score (nSPS) is 15.9. The number of aromatic hydroxyl groups is 2. The van der Waals surface area contributed by atoms with E-state index < -0.39 is 11.9 Å². The molecule has 0 bridgehead atoms. The molecule has 0 radical (unpaired) electrons. The molecule has 7 heterocycles. The van der Waals surface area contributed by atoms with E-state index in [-0.39, 0.29) is 40.4 Å². The topological polar surface area (TPSA) is 201 Å². The van der Waals surface area contributed by atoms with E-state index in [1.165, 1.54) is 122 Å². The Kier molecular flexibility index (Phi) is 12.5. The molecular weight excluding hydrogens is 1000 g/mol. The van der Waals surface area contributed by atoms with Crippen molar-refractivity contribution in [3.8, 4) is 58.3 Å². The number of aryl methyl sites for hydroxylation is 2. The third-order valence-electron chi connectivity index (χ3n) is 16.8. The number of phenolic OH excluding ortho intramolecular Hbond substituents is 2. The molecule has 15 rings (SSSR count). The van der Waals surface area contributed by atoms with Gasteiger partial charge in [-0.2, -0.15) is 0 Å². The summed E-state index contributed by atoms with van der Waals surface area (Å²) >= 11 is 0. The van der Waals surface area contributed by atoms with Crippen molar-refractivity contribution in [2.45, 2.75) is 69.1 Å². The Morgan fingerprint density at radius 1 is 0.475 bits per heavy atom. The first-order valence-corrected chi connectivity index (χ1v) is 27.4. The van der Waals surface area contributed by atoms with E-state index in [2.05, 4.69) is 27.9 Å². The number of nitrogens with zero attached hydrogens (tertiary/aromatic N) is 2. The summed E-state index contributed by atoms with van der Waals surface area (Å²) < 4.78 is 18.7. The molecule has 80 heavy (non-hydrogen) atoms. The largest absolute Gasteiger partial charge is 0.508 e. The minimum Gasteiger partial charge on any atom is -0.508 e. The van der Waals surface area contributed by atoms with Gasteiger partial charge < -0.3 is 55.9 Å². The van der Waals surface area contributed by atoms with Crippen molar-refractivity contribution in [1.82, 2.24) is 0 Å². The van der Waals surface area contributed by atoms with Gasteiger partial charge in [0.2, 0.25) is 0 Å². The summed E-state index contributed by atoms with van der Waals surface area (Å²) in [6, 6.07) is 39.0. The number of carbonyl (C=O) groups is 2. The molecule has 0 unspecified atom stereocenters. The summed E-state index contributed by atoms with van der Waals surface area (Å²) in [5, 5.41) is 38.7. The van der Waals surface area contributed by atoms with Gasteiger partial charge in [-0.05, 0) is 122 Å². The summed E-state index contributed by atoms with van der Waals surface area (Å²) in [7, 11) is 0. The lowest BCUT2D eigenvalue weighted by atomic mass is 9.79. The van der Waals surface area contributed by atoms with Crippen LogP contribution >= 0.6 is 0 Å². The van der Waals surface area contributed by atoms with Gasteiger partial charge in [0.25, 0.3) is 0 Å². The molecule has 0 saturated carbocycles. The zero-order valence-electron chi connectivity index (χ0n) is 43.9. The van der Waals surface area contributed by atoms with Gasteiger partial charge in [-0.3, -0.25) is 0 Å². The average Bonchev–Trinajstić information content (AvgIpc) is 3.56. The summed E-state index contributed by atoms with van der Waals surface area (Å²) in [6.45, 7) is 4.73. The lowest BCUT2D eigenvalue weighted by molar-refractivity contribution is 0.0684. The van der Waals surface area contributed by atoms with Crippen molar-refractivity contribution >= 4 is 34.7 Å². The average molecular weight is 1060 g/mol. The van der Waals surface area contributed by atoms with Crippen LogP contribution in [0.4, 0.5) is 22.7 Å². The number of benzene rings is 8. The van der Waals surface area contributed by atoms with Crippen molar-refractivity contribution < 1.29 is 44.2 Å². The minimum absolute atomic E-state index is 0.0152. The van der Waals surface area contributed by atoms with Gasteiger partial charge in [0, 0.05) is 130 Å². The van der Waals surface area contributed by atoms with Crippen LogP contribution in [0.1, 0.15) is 131 Å². The third-order valence-corrected chi connectivity index (χ3v) is 16.8. The van der Waals surface area contributed by atoms with E-state index in [1.54, 1.807) is 84.9 Å². The van der Waals surface area contributed by atoms with Crippen LogP contribution in [0.15, 0.2) is 133 Å². The van der Waals surface area contributed by atoms with Gasteiger partial charge in [-0.15, -0.1) is 6.42 Å². The van der Waals surface area contributed by atoms with Crippen molar-refractivity contribution in [3.05, 3.63) is 211 Å². The number of rotatable bonds is 4. The fraction of sp³-hybridized carbons (Fsp3) is 0.224. The number of carboxylic acid groups (broad SMARTS) is 2. The molecule has 0 fully saturated rings.